The van der Waals surface area contributed by atoms with Crippen molar-refractivity contribution in [3.05, 3.63) is 94.5 Å². The summed E-state index contributed by atoms with van der Waals surface area (Å²) >= 11 is 0. The highest BCUT2D eigenvalue weighted by molar-refractivity contribution is 7.92. The second-order valence-corrected chi connectivity index (χ2v) is 10.7. The lowest BCUT2D eigenvalue weighted by atomic mass is 9.89. The summed E-state index contributed by atoms with van der Waals surface area (Å²) < 4.78 is 27.3. The van der Waals surface area contributed by atoms with Crippen molar-refractivity contribution in [3.63, 3.8) is 0 Å². The number of aryl methyl sites for hydroxylation is 3. The maximum absolute atomic E-state index is 13.0. The quantitative estimate of drug-likeness (QED) is 0.548. The summed E-state index contributed by atoms with van der Waals surface area (Å²) in [6, 6.07) is 19.8. The molecule has 0 aliphatic heterocycles. The van der Waals surface area contributed by atoms with Crippen molar-refractivity contribution in [2.45, 2.75) is 50.5 Å². The Morgan fingerprint density at radius 2 is 1.64 bits per heavy atom. The van der Waals surface area contributed by atoms with Gasteiger partial charge in [-0.15, -0.1) is 0 Å². The van der Waals surface area contributed by atoms with E-state index in [4.69, 9.17) is 0 Å². The fourth-order valence-corrected chi connectivity index (χ4v) is 5.42. The van der Waals surface area contributed by atoms with Crippen LogP contribution in [0.25, 0.3) is 0 Å². The lowest BCUT2D eigenvalue weighted by molar-refractivity contribution is 0.0940. The smallest absolute Gasteiger partial charge is 0.264 e. The molecule has 1 aliphatic rings. The van der Waals surface area contributed by atoms with Crippen molar-refractivity contribution in [2.75, 3.05) is 11.4 Å². The molecule has 1 unspecified atom stereocenters. The molecule has 0 radical (unpaired) electrons. The number of hydrogen-bond acceptors (Lipinski definition) is 3. The molecule has 1 atom stereocenters. The van der Waals surface area contributed by atoms with Crippen LogP contribution in [-0.2, 0) is 22.9 Å². The second-order valence-electron chi connectivity index (χ2n) is 8.77. The molecule has 33 heavy (non-hydrogen) atoms. The molecule has 0 fully saturated rings. The molecule has 172 valence electrons. The summed E-state index contributed by atoms with van der Waals surface area (Å²) in [5, 5.41) is 3.06. The van der Waals surface area contributed by atoms with Gasteiger partial charge in [0.25, 0.3) is 15.9 Å². The van der Waals surface area contributed by atoms with Gasteiger partial charge >= 0.3 is 0 Å². The number of sulfonamides is 1. The number of anilines is 1. The fraction of sp³-hybridized carbons (Fsp3) is 0.296. The summed E-state index contributed by atoms with van der Waals surface area (Å²) in [5.41, 5.74) is 5.72. The van der Waals surface area contributed by atoms with Crippen LogP contribution in [0.4, 0.5) is 5.69 Å². The van der Waals surface area contributed by atoms with Crippen LogP contribution in [0.1, 0.15) is 58.4 Å². The molecule has 4 rings (SSSR count). The van der Waals surface area contributed by atoms with E-state index in [1.165, 1.54) is 35.3 Å². The molecular weight excluding hydrogens is 432 g/mol. The largest absolute Gasteiger partial charge is 0.346 e. The van der Waals surface area contributed by atoms with Gasteiger partial charge in [-0.3, -0.25) is 9.10 Å². The first-order chi connectivity index (χ1) is 15.8. The van der Waals surface area contributed by atoms with Crippen LogP contribution in [0.5, 0.6) is 0 Å². The lowest BCUT2D eigenvalue weighted by Gasteiger charge is -2.21. The highest BCUT2D eigenvalue weighted by Gasteiger charge is 2.22. The predicted octanol–water partition coefficient (Wildman–Crippen LogP) is 5.19. The summed E-state index contributed by atoms with van der Waals surface area (Å²) in [7, 11) is -2.22. The zero-order valence-electron chi connectivity index (χ0n) is 19.3. The zero-order chi connectivity index (χ0) is 23.6. The number of carbonyl (C=O) groups is 1. The third-order valence-electron chi connectivity index (χ3n) is 6.37. The third-order valence-corrected chi connectivity index (χ3v) is 8.17. The van der Waals surface area contributed by atoms with Gasteiger partial charge in [0.1, 0.15) is 0 Å². The highest BCUT2D eigenvalue weighted by Crippen LogP contribution is 2.26. The number of carbonyl (C=O) groups excluding carboxylic acids is 1. The molecule has 3 aromatic carbocycles. The molecular formula is C27H30N2O3S. The SMILES string of the molecule is Cc1ccc(S(=O)(=O)N(C)c2cccc(C(=O)NC(C)c3ccc4c(c3)CCCC4)c2)cc1. The lowest BCUT2D eigenvalue weighted by Crippen LogP contribution is -2.28. The Labute approximate surface area is 196 Å². The molecule has 0 saturated heterocycles. The Morgan fingerprint density at radius 1 is 0.939 bits per heavy atom. The molecule has 0 heterocycles. The molecule has 3 aromatic rings. The van der Waals surface area contributed by atoms with Gasteiger partial charge in [-0.1, -0.05) is 42.0 Å². The number of hydrogen-bond donors (Lipinski definition) is 1. The summed E-state index contributed by atoms with van der Waals surface area (Å²) in [5.74, 6) is -0.233. The first-order valence-electron chi connectivity index (χ1n) is 11.3. The molecule has 0 aromatic heterocycles. The van der Waals surface area contributed by atoms with Crippen molar-refractivity contribution in [1.29, 1.82) is 0 Å². The van der Waals surface area contributed by atoms with Gasteiger partial charge in [0.15, 0.2) is 0 Å². The Kier molecular flexibility index (Phi) is 6.56. The van der Waals surface area contributed by atoms with Crippen LogP contribution >= 0.6 is 0 Å². The van der Waals surface area contributed by atoms with Crippen molar-refractivity contribution in [3.8, 4) is 0 Å². The Morgan fingerprint density at radius 3 is 2.36 bits per heavy atom. The fourth-order valence-electron chi connectivity index (χ4n) is 4.24. The number of benzene rings is 3. The average Bonchev–Trinajstić information content (AvgIpc) is 2.83. The van der Waals surface area contributed by atoms with Gasteiger partial charge in [-0.05, 0) is 86.6 Å². The molecule has 0 spiro atoms. The van der Waals surface area contributed by atoms with Crippen molar-refractivity contribution < 1.29 is 13.2 Å². The molecule has 5 nitrogen and oxygen atoms in total. The number of nitrogens with zero attached hydrogens (tertiary/aromatic N) is 1. The number of amides is 1. The minimum absolute atomic E-state index is 0.151. The van der Waals surface area contributed by atoms with E-state index >= 15 is 0 Å². The molecule has 1 N–H and O–H groups in total. The molecule has 0 saturated carbocycles. The van der Waals surface area contributed by atoms with Gasteiger partial charge in [0.05, 0.1) is 16.6 Å². The standard InChI is InChI=1S/C27H30N2O3S/c1-19-11-15-26(16-12-19)33(31,32)29(3)25-10-6-9-24(18-25)27(30)28-20(2)22-14-13-21-7-4-5-8-23(21)17-22/h6,9-18,20H,4-5,7-8H2,1-3H3,(H,28,30). The van der Waals surface area contributed by atoms with Crippen molar-refractivity contribution >= 4 is 21.6 Å². The van der Waals surface area contributed by atoms with Gasteiger partial charge in [0, 0.05) is 12.6 Å². The number of rotatable bonds is 6. The van der Waals surface area contributed by atoms with E-state index in [0.717, 1.165) is 24.0 Å². The Bertz CT molecular complexity index is 1270. The van der Waals surface area contributed by atoms with Crippen molar-refractivity contribution in [2.24, 2.45) is 0 Å². The van der Waals surface area contributed by atoms with Gasteiger partial charge in [0.2, 0.25) is 0 Å². The van der Waals surface area contributed by atoms with E-state index in [0.29, 0.717) is 11.3 Å². The van der Waals surface area contributed by atoms with Crippen LogP contribution in [0, 0.1) is 6.92 Å². The molecule has 0 bridgehead atoms. The minimum Gasteiger partial charge on any atom is -0.346 e. The van der Waals surface area contributed by atoms with Crippen LogP contribution in [-0.4, -0.2) is 21.4 Å². The molecule has 1 amide bonds. The summed E-state index contributed by atoms with van der Waals surface area (Å²) in [6.07, 6.45) is 4.67. The highest BCUT2D eigenvalue weighted by atomic mass is 32.2. The van der Waals surface area contributed by atoms with Gasteiger partial charge in [-0.25, -0.2) is 8.42 Å². The van der Waals surface area contributed by atoms with Crippen LogP contribution in [0.2, 0.25) is 0 Å². The van der Waals surface area contributed by atoms with Gasteiger partial charge in [-0.2, -0.15) is 0 Å². The Hall–Kier alpha value is -3.12. The third kappa shape index (κ3) is 4.96. The second kappa shape index (κ2) is 9.40. The van der Waals surface area contributed by atoms with E-state index in [1.807, 2.05) is 13.8 Å². The number of fused-ring (bicyclic) bond motifs is 1. The van der Waals surface area contributed by atoms with Crippen LogP contribution in [0.3, 0.4) is 0 Å². The van der Waals surface area contributed by atoms with E-state index in [2.05, 4.69) is 23.5 Å². The number of nitrogens with one attached hydrogen (secondary N) is 1. The van der Waals surface area contributed by atoms with E-state index in [-0.39, 0.29) is 16.8 Å². The van der Waals surface area contributed by atoms with E-state index in [1.54, 1.807) is 48.5 Å². The molecule has 6 heteroatoms. The van der Waals surface area contributed by atoms with Crippen LogP contribution < -0.4 is 9.62 Å². The van der Waals surface area contributed by atoms with Gasteiger partial charge < -0.3 is 5.32 Å². The average molecular weight is 463 g/mol. The van der Waals surface area contributed by atoms with E-state index < -0.39 is 10.0 Å². The predicted molar refractivity (Wildman–Crippen MR) is 132 cm³/mol. The minimum atomic E-state index is -3.72. The van der Waals surface area contributed by atoms with Crippen LogP contribution in [0.15, 0.2) is 71.6 Å². The molecule has 1 aliphatic carbocycles. The first kappa shape index (κ1) is 23.1. The first-order valence-corrected chi connectivity index (χ1v) is 12.8. The Balaban J connectivity index is 1.51. The zero-order valence-corrected chi connectivity index (χ0v) is 20.2. The summed E-state index contributed by atoms with van der Waals surface area (Å²) in [6.45, 7) is 3.88. The van der Waals surface area contributed by atoms with E-state index in [9.17, 15) is 13.2 Å². The summed E-state index contributed by atoms with van der Waals surface area (Å²) in [4.78, 5) is 13.2. The van der Waals surface area contributed by atoms with Crippen molar-refractivity contribution in [1.82, 2.24) is 5.32 Å². The monoisotopic (exact) mass is 462 g/mol. The normalized spacial score (nSPS) is 14.3. The maximum Gasteiger partial charge on any atom is 0.264 e. The maximum atomic E-state index is 13.0. The topological polar surface area (TPSA) is 66.5 Å².